The molecule has 0 N–H and O–H groups in total. The van der Waals surface area contributed by atoms with E-state index < -0.39 is 6.10 Å². The lowest BCUT2D eigenvalue weighted by molar-refractivity contribution is -0.167. The quantitative estimate of drug-likeness (QED) is 0.0262. The molecule has 0 aliphatic heterocycles. The van der Waals surface area contributed by atoms with Crippen molar-refractivity contribution in [3.63, 3.8) is 0 Å². The van der Waals surface area contributed by atoms with Gasteiger partial charge in [-0.1, -0.05) is 224 Å². The van der Waals surface area contributed by atoms with Gasteiger partial charge < -0.3 is 14.2 Å². The number of carbonyl (C=O) groups is 3. The van der Waals surface area contributed by atoms with Crippen LogP contribution in [0.4, 0.5) is 0 Å². The van der Waals surface area contributed by atoms with Gasteiger partial charge >= 0.3 is 17.9 Å². The minimum absolute atomic E-state index is 0.0735. The van der Waals surface area contributed by atoms with Gasteiger partial charge in [0.2, 0.25) is 0 Å². The second-order valence-electron chi connectivity index (χ2n) is 18.1. The van der Waals surface area contributed by atoms with E-state index in [-0.39, 0.29) is 31.1 Å². The number of allylic oxidation sites excluding steroid dienone is 6. The number of hydrogen-bond donors (Lipinski definition) is 0. The Kier molecular flexibility index (Phi) is 49.3. The molecule has 0 bridgehead atoms. The van der Waals surface area contributed by atoms with E-state index in [2.05, 4.69) is 57.2 Å². The molecule has 6 nitrogen and oxygen atoms in total. The van der Waals surface area contributed by atoms with Crippen molar-refractivity contribution in [1.29, 1.82) is 0 Å². The van der Waals surface area contributed by atoms with E-state index in [1.54, 1.807) is 0 Å². The van der Waals surface area contributed by atoms with Gasteiger partial charge in [-0.2, -0.15) is 0 Å². The van der Waals surface area contributed by atoms with Crippen LogP contribution < -0.4 is 0 Å². The van der Waals surface area contributed by atoms with Crippen molar-refractivity contribution < 1.29 is 28.6 Å². The third-order valence-electron chi connectivity index (χ3n) is 11.9. The van der Waals surface area contributed by atoms with Crippen molar-refractivity contribution in [2.45, 2.75) is 290 Å². The van der Waals surface area contributed by atoms with Gasteiger partial charge in [0.05, 0.1) is 0 Å². The first-order chi connectivity index (χ1) is 30.5. The Morgan fingerprint density at radius 2 is 0.581 bits per heavy atom. The summed E-state index contributed by atoms with van der Waals surface area (Å²) in [6, 6.07) is 0. The minimum Gasteiger partial charge on any atom is -0.462 e. The number of ether oxygens (including phenoxy) is 3. The molecule has 0 aromatic carbocycles. The maximum absolute atomic E-state index is 12.7. The van der Waals surface area contributed by atoms with Gasteiger partial charge in [-0.25, -0.2) is 0 Å². The normalized spacial score (nSPS) is 12.2. The van der Waals surface area contributed by atoms with Crippen LogP contribution in [0.3, 0.4) is 0 Å². The molecule has 0 fully saturated rings. The van der Waals surface area contributed by atoms with E-state index in [1.165, 1.54) is 167 Å². The van der Waals surface area contributed by atoms with E-state index in [0.29, 0.717) is 19.3 Å². The highest BCUT2D eigenvalue weighted by Crippen LogP contribution is 2.16. The fourth-order valence-corrected chi connectivity index (χ4v) is 7.76. The summed E-state index contributed by atoms with van der Waals surface area (Å²) in [4.78, 5) is 37.6. The SMILES string of the molecule is CCCCC/C=C\CCCCCCCC(=O)OC(COC(=O)CCCCCCC)COC(=O)CCCCCCCCCCCCCCCCC/C=C\C/C=C\CCCCCCC. The van der Waals surface area contributed by atoms with Gasteiger partial charge in [-0.3, -0.25) is 14.4 Å². The third-order valence-corrected chi connectivity index (χ3v) is 11.9. The largest absolute Gasteiger partial charge is 0.462 e. The third kappa shape index (κ3) is 48.7. The molecule has 0 spiro atoms. The van der Waals surface area contributed by atoms with E-state index in [4.69, 9.17) is 14.2 Å². The van der Waals surface area contributed by atoms with Gasteiger partial charge in [0.1, 0.15) is 13.2 Å². The standard InChI is InChI=1S/C56H102O6/c1-4-7-10-13-15-17-19-21-22-23-24-25-26-27-28-29-30-31-32-33-34-35-37-38-40-43-46-49-55(58)61-52-53(51-60-54(57)48-45-42-12-9-6-3)62-56(59)50-47-44-41-39-36-20-18-16-14-11-8-5-2/h16,18-19,21,23-24,53H,4-15,17,20,22,25-52H2,1-3H3/b18-16-,21-19-,24-23-. The fraction of sp³-hybridized carbons (Fsp3) is 0.839. The summed E-state index contributed by atoms with van der Waals surface area (Å²) >= 11 is 0. The molecule has 0 aliphatic carbocycles. The second kappa shape index (κ2) is 51.3. The lowest BCUT2D eigenvalue weighted by Gasteiger charge is -2.18. The van der Waals surface area contributed by atoms with Crippen LogP contribution in [0.2, 0.25) is 0 Å². The van der Waals surface area contributed by atoms with Crippen LogP contribution in [0.5, 0.6) is 0 Å². The van der Waals surface area contributed by atoms with Gasteiger partial charge in [0, 0.05) is 19.3 Å². The first-order valence-electron chi connectivity index (χ1n) is 27.0. The Morgan fingerprint density at radius 1 is 0.323 bits per heavy atom. The molecule has 0 rings (SSSR count). The molecule has 1 atom stereocenters. The van der Waals surface area contributed by atoms with Crippen molar-refractivity contribution >= 4 is 17.9 Å². The molecule has 0 heterocycles. The molecule has 0 amide bonds. The van der Waals surface area contributed by atoms with Crippen LogP contribution in [0.25, 0.3) is 0 Å². The van der Waals surface area contributed by atoms with Gasteiger partial charge in [0.15, 0.2) is 6.10 Å². The van der Waals surface area contributed by atoms with E-state index in [0.717, 1.165) is 77.0 Å². The smallest absolute Gasteiger partial charge is 0.306 e. The number of unbranched alkanes of at least 4 members (excludes halogenated alkanes) is 32. The number of carbonyl (C=O) groups excluding carboxylic acids is 3. The predicted octanol–water partition coefficient (Wildman–Crippen LogP) is 17.7. The summed E-state index contributed by atoms with van der Waals surface area (Å²) in [6.07, 6.45) is 60.4. The molecule has 0 radical (unpaired) electrons. The van der Waals surface area contributed by atoms with Crippen LogP contribution in [-0.2, 0) is 28.6 Å². The van der Waals surface area contributed by atoms with Crippen molar-refractivity contribution in [2.75, 3.05) is 13.2 Å². The number of esters is 3. The molecule has 362 valence electrons. The molecule has 62 heavy (non-hydrogen) atoms. The van der Waals surface area contributed by atoms with Crippen molar-refractivity contribution in [3.8, 4) is 0 Å². The lowest BCUT2D eigenvalue weighted by Crippen LogP contribution is -2.30. The summed E-state index contributed by atoms with van der Waals surface area (Å²) in [7, 11) is 0. The minimum atomic E-state index is -0.769. The Balaban J connectivity index is 3.98. The summed E-state index contributed by atoms with van der Waals surface area (Å²) in [5.41, 5.74) is 0. The molecular weight excluding hydrogens is 769 g/mol. The first kappa shape index (κ1) is 59.6. The second-order valence-corrected chi connectivity index (χ2v) is 18.1. The maximum atomic E-state index is 12.7. The Morgan fingerprint density at radius 3 is 0.935 bits per heavy atom. The highest BCUT2D eigenvalue weighted by molar-refractivity contribution is 5.71. The van der Waals surface area contributed by atoms with E-state index in [9.17, 15) is 14.4 Å². The molecule has 0 saturated heterocycles. The van der Waals surface area contributed by atoms with Crippen molar-refractivity contribution in [1.82, 2.24) is 0 Å². The van der Waals surface area contributed by atoms with Crippen LogP contribution in [0, 0.1) is 0 Å². The molecule has 0 aliphatic rings. The molecule has 0 aromatic heterocycles. The summed E-state index contributed by atoms with van der Waals surface area (Å²) in [6.45, 7) is 6.53. The van der Waals surface area contributed by atoms with Crippen molar-refractivity contribution in [2.24, 2.45) is 0 Å². The molecule has 1 unspecified atom stereocenters. The molecule has 0 saturated carbocycles. The summed E-state index contributed by atoms with van der Waals surface area (Å²) in [5.74, 6) is -0.889. The topological polar surface area (TPSA) is 78.9 Å². The fourth-order valence-electron chi connectivity index (χ4n) is 7.76. The zero-order valence-electron chi connectivity index (χ0n) is 41.4. The van der Waals surface area contributed by atoms with E-state index >= 15 is 0 Å². The molecule has 0 aromatic rings. The van der Waals surface area contributed by atoms with Crippen LogP contribution in [0.15, 0.2) is 36.5 Å². The highest BCUT2D eigenvalue weighted by Gasteiger charge is 2.19. The average molecular weight is 871 g/mol. The Labute approximate surface area is 385 Å². The monoisotopic (exact) mass is 871 g/mol. The summed E-state index contributed by atoms with van der Waals surface area (Å²) in [5, 5.41) is 0. The van der Waals surface area contributed by atoms with Crippen LogP contribution in [-0.4, -0.2) is 37.2 Å². The highest BCUT2D eigenvalue weighted by atomic mass is 16.6. The van der Waals surface area contributed by atoms with Gasteiger partial charge in [0.25, 0.3) is 0 Å². The zero-order valence-corrected chi connectivity index (χ0v) is 41.4. The van der Waals surface area contributed by atoms with E-state index in [1.807, 2.05) is 0 Å². The first-order valence-corrected chi connectivity index (χ1v) is 27.0. The number of rotatable bonds is 49. The average Bonchev–Trinajstić information content (AvgIpc) is 3.27. The molecule has 6 heteroatoms. The lowest BCUT2D eigenvalue weighted by atomic mass is 10.0. The zero-order chi connectivity index (χ0) is 45.1. The van der Waals surface area contributed by atoms with Gasteiger partial charge in [-0.05, 0) is 77.0 Å². The van der Waals surface area contributed by atoms with Gasteiger partial charge in [-0.15, -0.1) is 0 Å². The number of hydrogen-bond acceptors (Lipinski definition) is 6. The molecular formula is C56H102O6. The van der Waals surface area contributed by atoms with Crippen molar-refractivity contribution in [3.05, 3.63) is 36.5 Å². The summed E-state index contributed by atoms with van der Waals surface area (Å²) < 4.78 is 16.7. The Bertz CT molecular complexity index is 1050. The maximum Gasteiger partial charge on any atom is 0.306 e. The van der Waals surface area contributed by atoms with Crippen LogP contribution in [0.1, 0.15) is 284 Å². The van der Waals surface area contributed by atoms with Crippen LogP contribution >= 0.6 is 0 Å². The predicted molar refractivity (Wildman–Crippen MR) is 266 cm³/mol. The Hall–Kier alpha value is -2.37.